The fraction of sp³-hybridized carbons (Fsp3) is 0.769. The summed E-state index contributed by atoms with van der Waals surface area (Å²) < 4.78 is 0. The van der Waals surface area contributed by atoms with E-state index in [1.54, 1.807) is 9.80 Å². The van der Waals surface area contributed by atoms with Crippen molar-refractivity contribution >= 4 is 18.2 Å². The molecule has 9 heteroatoms. The molecule has 2 N–H and O–H groups in total. The molecule has 1 aliphatic heterocycles. The molecule has 0 unspecified atom stereocenters. The minimum Gasteiger partial charge on any atom is -0.480 e. The van der Waals surface area contributed by atoms with Gasteiger partial charge in [0, 0.05) is 13.1 Å². The maximum absolute atomic E-state index is 11.0. The van der Waals surface area contributed by atoms with Gasteiger partial charge in [-0.3, -0.25) is 29.2 Å². The summed E-state index contributed by atoms with van der Waals surface area (Å²) in [6, 6.07) is 0. The first kappa shape index (κ1) is 18.5. The number of hydrogen-bond acceptors (Lipinski definition) is 7. The zero-order valence-electron chi connectivity index (χ0n) is 12.8. The molecule has 1 heterocycles. The Morgan fingerprint density at radius 3 is 1.95 bits per heavy atom. The minimum absolute atomic E-state index is 0.152. The molecule has 22 heavy (non-hydrogen) atoms. The maximum Gasteiger partial charge on any atom is 0.317 e. The zero-order chi connectivity index (χ0) is 16.5. The van der Waals surface area contributed by atoms with E-state index in [4.69, 9.17) is 10.2 Å². The zero-order valence-corrected chi connectivity index (χ0v) is 12.8. The lowest BCUT2D eigenvalue weighted by molar-refractivity contribution is -0.140. The monoisotopic (exact) mass is 316 g/mol. The Balaban J connectivity index is 2.84. The largest absolute Gasteiger partial charge is 0.480 e. The number of carbonyl (C=O) groups is 3. The molecule has 0 amide bonds. The van der Waals surface area contributed by atoms with Crippen LogP contribution in [0.25, 0.3) is 0 Å². The van der Waals surface area contributed by atoms with E-state index in [1.165, 1.54) is 0 Å². The van der Waals surface area contributed by atoms with Gasteiger partial charge in [0.25, 0.3) is 0 Å². The van der Waals surface area contributed by atoms with E-state index in [0.717, 1.165) is 6.29 Å². The van der Waals surface area contributed by atoms with Gasteiger partial charge in [0.15, 0.2) is 0 Å². The molecule has 0 radical (unpaired) electrons. The van der Waals surface area contributed by atoms with Gasteiger partial charge < -0.3 is 15.0 Å². The fourth-order valence-electron chi connectivity index (χ4n) is 2.43. The van der Waals surface area contributed by atoms with Crippen molar-refractivity contribution < 1.29 is 24.6 Å². The van der Waals surface area contributed by atoms with Crippen LogP contribution in [-0.2, 0) is 14.4 Å². The highest BCUT2D eigenvalue weighted by molar-refractivity contribution is 5.69. The Labute approximate surface area is 129 Å². The molecule has 1 aliphatic rings. The van der Waals surface area contributed by atoms with Crippen molar-refractivity contribution in [2.45, 2.75) is 6.92 Å². The van der Waals surface area contributed by atoms with Crippen molar-refractivity contribution in [1.82, 2.24) is 19.6 Å². The van der Waals surface area contributed by atoms with Crippen LogP contribution in [-0.4, -0.2) is 107 Å². The van der Waals surface area contributed by atoms with E-state index in [1.807, 2.05) is 16.7 Å². The van der Waals surface area contributed by atoms with Gasteiger partial charge in [0.2, 0.25) is 0 Å². The van der Waals surface area contributed by atoms with Crippen molar-refractivity contribution in [3.63, 3.8) is 0 Å². The predicted molar refractivity (Wildman–Crippen MR) is 78.2 cm³/mol. The molecule has 9 nitrogen and oxygen atoms in total. The number of hydrogen-bond donors (Lipinski definition) is 2. The molecule has 0 atom stereocenters. The summed E-state index contributed by atoms with van der Waals surface area (Å²) in [6.07, 6.45) is 0.822. The third-order valence-electron chi connectivity index (χ3n) is 3.43. The van der Waals surface area contributed by atoms with Gasteiger partial charge in [-0.1, -0.05) is 6.92 Å². The lowest BCUT2D eigenvalue weighted by atomic mass is 10.4. The summed E-state index contributed by atoms with van der Waals surface area (Å²) in [6.45, 7) is 4.89. The second-order valence-corrected chi connectivity index (χ2v) is 5.32. The quantitative estimate of drug-likeness (QED) is 0.541. The van der Waals surface area contributed by atoms with Crippen molar-refractivity contribution in [3.05, 3.63) is 0 Å². The molecule has 1 saturated heterocycles. The van der Waals surface area contributed by atoms with Gasteiger partial charge in [-0.25, -0.2) is 0 Å². The van der Waals surface area contributed by atoms with Crippen molar-refractivity contribution in [2.24, 2.45) is 0 Å². The Hall–Kier alpha value is -1.55. The standard InChI is InChI=1S/C13H24N4O5/c1-2-14-9-15(5-6-18)3-4-16(7-12(19)20)11-17(10-14)8-13(21)22/h6H,2-5,7-11H2,1H3,(H,19,20)(H,21,22). The summed E-state index contributed by atoms with van der Waals surface area (Å²) in [4.78, 5) is 40.0. The molecule has 0 spiro atoms. The van der Waals surface area contributed by atoms with Crippen LogP contribution in [0.1, 0.15) is 6.92 Å². The molecular weight excluding hydrogens is 292 g/mol. The van der Waals surface area contributed by atoms with Gasteiger partial charge in [0.05, 0.1) is 39.6 Å². The lowest BCUT2D eigenvalue weighted by Gasteiger charge is -2.31. The van der Waals surface area contributed by atoms with Crippen LogP contribution in [0.2, 0.25) is 0 Å². The Morgan fingerprint density at radius 1 is 0.909 bits per heavy atom. The van der Waals surface area contributed by atoms with E-state index in [2.05, 4.69) is 0 Å². The molecule has 0 aromatic rings. The Morgan fingerprint density at radius 2 is 1.41 bits per heavy atom. The molecule has 0 aromatic heterocycles. The van der Waals surface area contributed by atoms with E-state index in [9.17, 15) is 14.4 Å². The highest BCUT2D eigenvalue weighted by Crippen LogP contribution is 2.04. The number of nitrogens with zero attached hydrogens (tertiary/aromatic N) is 4. The SMILES string of the molecule is CCN1CN(CC=O)CCN(CC(=O)O)CN(CC(=O)O)C1. The second-order valence-electron chi connectivity index (χ2n) is 5.32. The van der Waals surface area contributed by atoms with Crippen LogP contribution in [0.5, 0.6) is 0 Å². The van der Waals surface area contributed by atoms with Gasteiger partial charge in [-0.2, -0.15) is 0 Å². The molecular formula is C13H24N4O5. The third-order valence-corrected chi connectivity index (χ3v) is 3.43. The fourth-order valence-corrected chi connectivity index (χ4v) is 2.43. The first-order valence-electron chi connectivity index (χ1n) is 7.21. The number of carboxylic acid groups (broad SMARTS) is 2. The maximum atomic E-state index is 11.0. The minimum atomic E-state index is -0.955. The van der Waals surface area contributed by atoms with E-state index < -0.39 is 11.9 Å². The van der Waals surface area contributed by atoms with Crippen molar-refractivity contribution in [2.75, 3.05) is 59.3 Å². The number of carboxylic acids is 2. The molecule has 0 aliphatic carbocycles. The van der Waals surface area contributed by atoms with Gasteiger partial charge in [-0.05, 0) is 6.54 Å². The van der Waals surface area contributed by atoms with Gasteiger partial charge in [-0.15, -0.1) is 0 Å². The van der Waals surface area contributed by atoms with Crippen LogP contribution >= 0.6 is 0 Å². The summed E-state index contributed by atoms with van der Waals surface area (Å²) in [5.74, 6) is -1.90. The van der Waals surface area contributed by atoms with Crippen LogP contribution in [0.15, 0.2) is 0 Å². The van der Waals surface area contributed by atoms with Crippen molar-refractivity contribution in [1.29, 1.82) is 0 Å². The number of aliphatic carboxylic acids is 2. The van der Waals surface area contributed by atoms with Crippen molar-refractivity contribution in [3.8, 4) is 0 Å². The average molecular weight is 316 g/mol. The van der Waals surface area contributed by atoms with Crippen LogP contribution in [0, 0.1) is 0 Å². The van der Waals surface area contributed by atoms with E-state index >= 15 is 0 Å². The predicted octanol–water partition coefficient (Wildman–Crippen LogP) is -1.53. The van der Waals surface area contributed by atoms with Crippen LogP contribution in [0.3, 0.4) is 0 Å². The smallest absolute Gasteiger partial charge is 0.317 e. The topological polar surface area (TPSA) is 105 Å². The normalized spacial score (nSPS) is 20.0. The Kier molecular flexibility index (Phi) is 7.96. The van der Waals surface area contributed by atoms with Crippen LogP contribution in [0.4, 0.5) is 0 Å². The molecule has 0 saturated carbocycles. The first-order chi connectivity index (χ1) is 10.4. The van der Waals surface area contributed by atoms with E-state index in [0.29, 0.717) is 33.0 Å². The summed E-state index contributed by atoms with van der Waals surface area (Å²) >= 11 is 0. The first-order valence-corrected chi connectivity index (χ1v) is 7.21. The highest BCUT2D eigenvalue weighted by Gasteiger charge is 2.22. The molecule has 1 fully saturated rings. The molecule has 126 valence electrons. The molecule has 0 bridgehead atoms. The second kappa shape index (κ2) is 9.46. The average Bonchev–Trinajstić information content (AvgIpc) is 2.48. The van der Waals surface area contributed by atoms with Gasteiger partial charge >= 0.3 is 11.9 Å². The summed E-state index contributed by atoms with van der Waals surface area (Å²) in [5.41, 5.74) is 0. The summed E-state index contributed by atoms with van der Waals surface area (Å²) in [7, 11) is 0. The molecule has 0 aromatic carbocycles. The van der Waals surface area contributed by atoms with Crippen LogP contribution < -0.4 is 0 Å². The lowest BCUT2D eigenvalue weighted by Crippen LogP contribution is -2.47. The number of rotatable bonds is 7. The van der Waals surface area contributed by atoms with E-state index in [-0.39, 0.29) is 26.3 Å². The highest BCUT2D eigenvalue weighted by atomic mass is 16.4. The molecule has 1 rings (SSSR count). The number of carbonyl (C=O) groups excluding carboxylic acids is 1. The number of aldehydes is 1. The third kappa shape index (κ3) is 6.94. The van der Waals surface area contributed by atoms with Gasteiger partial charge in [0.1, 0.15) is 6.29 Å². The Bertz CT molecular complexity index is 393. The summed E-state index contributed by atoms with van der Waals surface area (Å²) in [5, 5.41) is 18.0.